The Labute approximate surface area is 220 Å². The van der Waals surface area contributed by atoms with Crippen LogP contribution in [0.1, 0.15) is 61.3 Å². The number of nitriles is 1. The summed E-state index contributed by atoms with van der Waals surface area (Å²) in [6, 6.07) is 8.09. The molecule has 188 valence electrons. The van der Waals surface area contributed by atoms with E-state index in [1.807, 2.05) is 6.92 Å². The summed E-state index contributed by atoms with van der Waals surface area (Å²) < 4.78 is 15.5. The van der Waals surface area contributed by atoms with Gasteiger partial charge < -0.3 is 4.90 Å². The number of amides is 1. The Kier molecular flexibility index (Phi) is 8.27. The van der Waals surface area contributed by atoms with Crippen molar-refractivity contribution in [2.75, 3.05) is 18.0 Å². The van der Waals surface area contributed by atoms with Crippen molar-refractivity contribution < 1.29 is 9.18 Å². The number of carbonyl (C=O) groups excluding carboxylic acids is 1. The molecule has 2 fully saturated rings. The van der Waals surface area contributed by atoms with Crippen LogP contribution in [0.5, 0.6) is 0 Å². The first-order chi connectivity index (χ1) is 17.3. The van der Waals surface area contributed by atoms with Gasteiger partial charge in [-0.1, -0.05) is 55.9 Å². The number of hydrogen-bond acceptors (Lipinski definition) is 6. The number of aromatic nitrogens is 1. The molecule has 9 heteroatoms. The van der Waals surface area contributed by atoms with Crippen molar-refractivity contribution in [2.45, 2.75) is 59.0 Å². The molecule has 1 amide bonds. The normalized spacial score (nSPS) is 17.6. The molecule has 3 heterocycles. The average molecular weight is 525 g/mol. The summed E-state index contributed by atoms with van der Waals surface area (Å²) in [5, 5.41) is 9.82. The highest BCUT2D eigenvalue weighted by atomic mass is 32.2. The van der Waals surface area contributed by atoms with Crippen molar-refractivity contribution in [3.05, 3.63) is 67.6 Å². The van der Waals surface area contributed by atoms with Gasteiger partial charge in [-0.05, 0) is 55.5 Å². The van der Waals surface area contributed by atoms with Gasteiger partial charge in [-0.15, -0.1) is 0 Å². The van der Waals surface area contributed by atoms with Crippen molar-refractivity contribution in [3.8, 4) is 6.07 Å². The van der Waals surface area contributed by atoms with Crippen molar-refractivity contribution in [3.63, 3.8) is 0 Å². The Balaban J connectivity index is 1.81. The van der Waals surface area contributed by atoms with Crippen LogP contribution in [0.25, 0.3) is 6.08 Å². The number of halogens is 1. The quantitative estimate of drug-likeness (QED) is 0.374. The molecule has 36 heavy (non-hydrogen) atoms. The second kappa shape index (κ2) is 11.4. The molecule has 0 bridgehead atoms. The molecule has 2 saturated heterocycles. The van der Waals surface area contributed by atoms with Crippen LogP contribution in [0.15, 0.2) is 34.0 Å². The standard InChI is InChI=1S/C27H29FN4O2S2/c1-3-12-31-24(30-13-6-4-5-7-14-30)21(18(2)22(16-29)25(31)33)15-23-26(34)32(27(35)36-23)17-19-8-10-20(28)11-9-19/h8-11,15H,3-7,12-14,17H2,1-2H3/b23-15+. The number of anilines is 1. The molecule has 0 saturated carbocycles. The zero-order chi connectivity index (χ0) is 25.8. The zero-order valence-electron chi connectivity index (χ0n) is 20.6. The number of benzene rings is 1. The fourth-order valence-electron chi connectivity index (χ4n) is 4.74. The molecule has 0 radical (unpaired) electrons. The summed E-state index contributed by atoms with van der Waals surface area (Å²) >= 11 is 6.73. The van der Waals surface area contributed by atoms with Gasteiger partial charge in [-0.3, -0.25) is 19.1 Å². The fourth-order valence-corrected chi connectivity index (χ4v) is 5.98. The van der Waals surface area contributed by atoms with Gasteiger partial charge in [-0.25, -0.2) is 4.39 Å². The average Bonchev–Trinajstić information content (AvgIpc) is 3.03. The predicted octanol–water partition coefficient (Wildman–Crippen LogP) is 5.36. The van der Waals surface area contributed by atoms with E-state index >= 15 is 0 Å². The van der Waals surface area contributed by atoms with E-state index in [2.05, 4.69) is 11.0 Å². The summed E-state index contributed by atoms with van der Waals surface area (Å²) in [6.45, 7) is 6.17. The molecule has 0 aliphatic carbocycles. The molecule has 1 aromatic heterocycles. The van der Waals surface area contributed by atoms with Gasteiger partial charge in [0.25, 0.3) is 11.5 Å². The lowest BCUT2D eigenvalue weighted by atomic mass is 10.0. The lowest BCUT2D eigenvalue weighted by Crippen LogP contribution is -2.35. The van der Waals surface area contributed by atoms with Gasteiger partial charge >= 0.3 is 0 Å². The van der Waals surface area contributed by atoms with E-state index in [0.29, 0.717) is 21.3 Å². The molecule has 6 nitrogen and oxygen atoms in total. The second-order valence-corrected chi connectivity index (χ2v) is 10.8. The Morgan fingerprint density at radius 3 is 2.42 bits per heavy atom. The molecule has 0 unspecified atom stereocenters. The van der Waals surface area contributed by atoms with E-state index in [0.717, 1.165) is 62.1 Å². The van der Waals surface area contributed by atoms with Crippen LogP contribution < -0.4 is 10.5 Å². The Morgan fingerprint density at radius 2 is 1.81 bits per heavy atom. The van der Waals surface area contributed by atoms with Gasteiger partial charge in [0.1, 0.15) is 27.6 Å². The van der Waals surface area contributed by atoms with E-state index < -0.39 is 0 Å². The van der Waals surface area contributed by atoms with Gasteiger partial charge in [0.2, 0.25) is 0 Å². The Morgan fingerprint density at radius 1 is 1.14 bits per heavy atom. The third kappa shape index (κ3) is 5.25. The molecule has 0 atom stereocenters. The lowest BCUT2D eigenvalue weighted by Gasteiger charge is -2.29. The van der Waals surface area contributed by atoms with E-state index in [1.54, 1.807) is 29.7 Å². The fraction of sp³-hybridized carbons (Fsp3) is 0.407. The smallest absolute Gasteiger partial charge is 0.270 e. The molecule has 0 spiro atoms. The SMILES string of the molecule is CCCn1c(N2CCCCCC2)c(/C=C2/SC(=S)N(Cc3ccc(F)cc3)C2=O)c(C)c(C#N)c1=O. The number of carbonyl (C=O) groups is 1. The topological polar surface area (TPSA) is 69.3 Å². The van der Waals surface area contributed by atoms with E-state index in [4.69, 9.17) is 12.2 Å². The monoisotopic (exact) mass is 524 g/mol. The number of hydrogen-bond donors (Lipinski definition) is 0. The van der Waals surface area contributed by atoms with Crippen molar-refractivity contribution in [2.24, 2.45) is 0 Å². The van der Waals surface area contributed by atoms with E-state index in [1.165, 1.54) is 28.8 Å². The molecule has 4 rings (SSSR count). The molecular weight excluding hydrogens is 495 g/mol. The van der Waals surface area contributed by atoms with Crippen LogP contribution in [0.2, 0.25) is 0 Å². The maximum Gasteiger partial charge on any atom is 0.270 e. The third-order valence-corrected chi connectivity index (χ3v) is 7.98. The van der Waals surface area contributed by atoms with Crippen LogP contribution in [0, 0.1) is 24.1 Å². The number of nitrogens with zero attached hydrogens (tertiary/aromatic N) is 4. The number of rotatable bonds is 6. The van der Waals surface area contributed by atoms with Gasteiger partial charge in [0.05, 0.1) is 11.4 Å². The number of thioether (sulfide) groups is 1. The summed E-state index contributed by atoms with van der Waals surface area (Å²) in [6.07, 6.45) is 6.87. The zero-order valence-corrected chi connectivity index (χ0v) is 22.2. The Bertz CT molecular complexity index is 1300. The van der Waals surface area contributed by atoms with Gasteiger partial charge in [0, 0.05) is 25.2 Å². The lowest BCUT2D eigenvalue weighted by molar-refractivity contribution is -0.122. The van der Waals surface area contributed by atoms with Crippen LogP contribution in [0.3, 0.4) is 0 Å². The number of thiocarbonyl (C=S) groups is 1. The van der Waals surface area contributed by atoms with Crippen LogP contribution in [-0.4, -0.2) is 32.8 Å². The minimum Gasteiger partial charge on any atom is -0.357 e. The summed E-state index contributed by atoms with van der Waals surface area (Å²) in [5.74, 6) is 0.211. The van der Waals surface area contributed by atoms with Crippen molar-refractivity contribution in [1.29, 1.82) is 5.26 Å². The largest absolute Gasteiger partial charge is 0.357 e. The summed E-state index contributed by atoms with van der Waals surface area (Å²) in [7, 11) is 0. The Hall–Kier alpha value is -2.96. The van der Waals surface area contributed by atoms with Crippen LogP contribution in [-0.2, 0) is 17.9 Å². The van der Waals surface area contributed by atoms with E-state index in [-0.39, 0.29) is 29.4 Å². The molecule has 2 aromatic rings. The first-order valence-electron chi connectivity index (χ1n) is 12.3. The molecule has 2 aliphatic heterocycles. The minimum atomic E-state index is -0.337. The first-order valence-corrected chi connectivity index (χ1v) is 13.5. The highest BCUT2D eigenvalue weighted by molar-refractivity contribution is 8.26. The predicted molar refractivity (Wildman–Crippen MR) is 146 cm³/mol. The maximum atomic E-state index is 13.4. The summed E-state index contributed by atoms with van der Waals surface area (Å²) in [5.41, 5.74) is 1.91. The second-order valence-electron chi connectivity index (χ2n) is 9.10. The van der Waals surface area contributed by atoms with Crippen LogP contribution >= 0.6 is 24.0 Å². The minimum absolute atomic E-state index is 0.107. The molecular formula is C27H29FN4O2S2. The number of pyridine rings is 1. The third-order valence-electron chi connectivity index (χ3n) is 6.60. The molecule has 0 N–H and O–H groups in total. The highest BCUT2D eigenvalue weighted by Gasteiger charge is 2.33. The summed E-state index contributed by atoms with van der Waals surface area (Å²) in [4.78, 5) is 30.9. The maximum absolute atomic E-state index is 13.4. The molecule has 2 aliphatic rings. The van der Waals surface area contributed by atoms with Crippen molar-refractivity contribution >= 4 is 46.1 Å². The molecule has 1 aromatic carbocycles. The van der Waals surface area contributed by atoms with Gasteiger partial charge in [0.15, 0.2) is 0 Å². The van der Waals surface area contributed by atoms with E-state index in [9.17, 15) is 19.2 Å². The van der Waals surface area contributed by atoms with Crippen LogP contribution in [0.4, 0.5) is 10.2 Å². The first kappa shape index (κ1) is 26.1. The van der Waals surface area contributed by atoms with Gasteiger partial charge in [-0.2, -0.15) is 5.26 Å². The van der Waals surface area contributed by atoms with Crippen molar-refractivity contribution in [1.82, 2.24) is 9.47 Å². The highest BCUT2D eigenvalue weighted by Crippen LogP contribution is 2.37.